The van der Waals surface area contributed by atoms with Crippen LogP contribution in [-0.2, 0) is 14.3 Å². The quantitative estimate of drug-likeness (QED) is 0.413. The predicted octanol–water partition coefficient (Wildman–Crippen LogP) is -0.316. The first-order valence-corrected chi connectivity index (χ1v) is 6.42. The standard InChI is InChI=1S/C9H13N3O3S2/c1-3-15-7(14)6(13)5-4-17-9(11-5)12-8(16)10-2/h9H,3-4H2,1-2H3,(H2,10,12,16). The third-order valence-corrected chi connectivity index (χ3v) is 3.16. The van der Waals surface area contributed by atoms with E-state index in [2.05, 4.69) is 20.4 Å². The Morgan fingerprint density at radius 2 is 2.35 bits per heavy atom. The molecule has 1 aliphatic heterocycles. The lowest BCUT2D eigenvalue weighted by Crippen LogP contribution is -2.37. The summed E-state index contributed by atoms with van der Waals surface area (Å²) < 4.78 is 4.62. The summed E-state index contributed by atoms with van der Waals surface area (Å²) in [5.74, 6) is -1.16. The summed E-state index contributed by atoms with van der Waals surface area (Å²) in [7, 11) is 1.68. The maximum atomic E-state index is 11.5. The molecule has 0 aliphatic carbocycles. The zero-order chi connectivity index (χ0) is 12.8. The Morgan fingerprint density at radius 1 is 1.65 bits per heavy atom. The summed E-state index contributed by atoms with van der Waals surface area (Å²) in [6.45, 7) is 1.82. The second-order valence-electron chi connectivity index (χ2n) is 3.01. The summed E-state index contributed by atoms with van der Waals surface area (Å²) >= 11 is 6.30. The molecule has 0 spiro atoms. The Labute approximate surface area is 109 Å². The number of rotatable bonds is 4. The summed E-state index contributed by atoms with van der Waals surface area (Å²) in [5.41, 5.74) is -0.117. The van der Waals surface area contributed by atoms with Crippen molar-refractivity contribution in [1.29, 1.82) is 0 Å². The average molecular weight is 275 g/mol. The smallest absolute Gasteiger partial charge is 0.381 e. The predicted molar refractivity (Wildman–Crippen MR) is 70.1 cm³/mol. The van der Waals surface area contributed by atoms with Crippen molar-refractivity contribution in [2.24, 2.45) is 4.99 Å². The van der Waals surface area contributed by atoms with Crippen molar-refractivity contribution in [1.82, 2.24) is 10.6 Å². The van der Waals surface area contributed by atoms with E-state index in [1.807, 2.05) is 0 Å². The molecule has 0 amide bonds. The van der Waals surface area contributed by atoms with Crippen LogP contribution in [0.1, 0.15) is 6.92 Å². The molecule has 0 radical (unpaired) electrons. The van der Waals surface area contributed by atoms with Crippen molar-refractivity contribution in [3.05, 3.63) is 0 Å². The number of esters is 1. The van der Waals surface area contributed by atoms with Crippen LogP contribution in [0, 0.1) is 0 Å². The number of nitrogens with one attached hydrogen (secondary N) is 2. The van der Waals surface area contributed by atoms with Crippen LogP contribution in [-0.4, -0.2) is 47.5 Å². The van der Waals surface area contributed by atoms with E-state index in [1.54, 1.807) is 14.0 Å². The average Bonchev–Trinajstić information content (AvgIpc) is 2.76. The van der Waals surface area contributed by atoms with E-state index in [-0.39, 0.29) is 17.8 Å². The first-order valence-electron chi connectivity index (χ1n) is 4.96. The topological polar surface area (TPSA) is 79.8 Å². The minimum Gasteiger partial charge on any atom is -0.460 e. The van der Waals surface area contributed by atoms with Gasteiger partial charge >= 0.3 is 5.97 Å². The molecule has 1 aliphatic rings. The first kappa shape index (κ1) is 13.9. The molecule has 1 unspecified atom stereocenters. The van der Waals surface area contributed by atoms with Gasteiger partial charge in [0, 0.05) is 12.8 Å². The number of aliphatic imine (C=N–C) groups is 1. The van der Waals surface area contributed by atoms with Crippen LogP contribution >= 0.6 is 24.0 Å². The molecule has 1 heterocycles. The lowest BCUT2D eigenvalue weighted by Gasteiger charge is -2.10. The molecule has 0 aromatic heterocycles. The molecule has 0 aromatic carbocycles. The van der Waals surface area contributed by atoms with E-state index >= 15 is 0 Å². The molecule has 0 bridgehead atoms. The number of thioether (sulfide) groups is 1. The van der Waals surface area contributed by atoms with Crippen LogP contribution in [0.15, 0.2) is 4.99 Å². The molecule has 6 nitrogen and oxygen atoms in total. The van der Waals surface area contributed by atoms with Gasteiger partial charge in [0.15, 0.2) is 10.6 Å². The van der Waals surface area contributed by atoms with E-state index in [1.165, 1.54) is 11.8 Å². The molecule has 1 atom stereocenters. The zero-order valence-electron chi connectivity index (χ0n) is 9.48. The van der Waals surface area contributed by atoms with E-state index in [4.69, 9.17) is 12.2 Å². The van der Waals surface area contributed by atoms with Gasteiger partial charge in [-0.1, -0.05) is 0 Å². The normalized spacial score (nSPS) is 18.2. The van der Waals surface area contributed by atoms with Crippen molar-refractivity contribution in [3.63, 3.8) is 0 Å². The number of nitrogens with zero attached hydrogens (tertiary/aromatic N) is 1. The van der Waals surface area contributed by atoms with Crippen molar-refractivity contribution in [2.45, 2.75) is 12.4 Å². The summed E-state index contributed by atoms with van der Waals surface area (Å²) in [4.78, 5) is 26.8. The van der Waals surface area contributed by atoms with Gasteiger partial charge in [-0.15, -0.1) is 11.8 Å². The maximum Gasteiger partial charge on any atom is 0.381 e. The maximum absolute atomic E-state index is 11.5. The van der Waals surface area contributed by atoms with E-state index in [0.29, 0.717) is 10.9 Å². The van der Waals surface area contributed by atoms with Gasteiger partial charge in [-0.2, -0.15) is 0 Å². The summed E-state index contributed by atoms with van der Waals surface area (Å²) in [6.07, 6.45) is 0. The number of Topliss-reactive ketones (excluding diaryl/α,β-unsaturated/α-hetero) is 1. The van der Waals surface area contributed by atoms with Gasteiger partial charge in [0.1, 0.15) is 5.71 Å². The van der Waals surface area contributed by atoms with Gasteiger partial charge in [0.05, 0.1) is 6.61 Å². The Morgan fingerprint density at radius 3 is 2.94 bits per heavy atom. The highest BCUT2D eigenvalue weighted by Gasteiger charge is 2.28. The van der Waals surface area contributed by atoms with Crippen LogP contribution in [0.25, 0.3) is 0 Å². The Hall–Kier alpha value is -1.15. The number of carbonyl (C=O) groups is 2. The molecular formula is C9H13N3O3S2. The van der Waals surface area contributed by atoms with Crippen molar-refractivity contribution in [2.75, 3.05) is 19.4 Å². The number of ether oxygens (including phenoxy) is 1. The third-order valence-electron chi connectivity index (χ3n) is 1.86. The molecule has 0 saturated carbocycles. The third kappa shape index (κ3) is 3.97. The van der Waals surface area contributed by atoms with Crippen molar-refractivity contribution < 1.29 is 14.3 Å². The molecular weight excluding hydrogens is 262 g/mol. The lowest BCUT2D eigenvalue weighted by molar-refractivity contribution is -0.150. The molecule has 17 heavy (non-hydrogen) atoms. The first-order chi connectivity index (χ1) is 8.08. The van der Waals surface area contributed by atoms with Crippen molar-refractivity contribution in [3.8, 4) is 0 Å². The SMILES string of the molecule is CCOC(=O)C(=O)C1=NC(NC(=S)NC)SC1. The molecule has 2 N–H and O–H groups in total. The minimum absolute atomic E-state index is 0.177. The number of hydrogen-bond donors (Lipinski definition) is 2. The number of hydrogen-bond acceptors (Lipinski definition) is 6. The fourth-order valence-electron chi connectivity index (χ4n) is 1.07. The Bertz CT molecular complexity index is 370. The molecule has 94 valence electrons. The van der Waals surface area contributed by atoms with Crippen LogP contribution < -0.4 is 10.6 Å². The Balaban J connectivity index is 2.56. The highest BCUT2D eigenvalue weighted by atomic mass is 32.2. The number of carbonyl (C=O) groups excluding carboxylic acids is 2. The largest absolute Gasteiger partial charge is 0.460 e. The second-order valence-corrected chi connectivity index (χ2v) is 4.49. The molecule has 1 rings (SSSR count). The molecule has 0 fully saturated rings. The minimum atomic E-state index is -0.858. The van der Waals surface area contributed by atoms with Crippen molar-refractivity contribution >= 4 is 46.6 Å². The summed E-state index contributed by atoms with van der Waals surface area (Å²) in [6, 6.07) is 0. The van der Waals surface area contributed by atoms with Gasteiger partial charge in [0.2, 0.25) is 0 Å². The van der Waals surface area contributed by atoms with Gasteiger partial charge in [-0.25, -0.2) is 9.79 Å². The highest BCUT2D eigenvalue weighted by molar-refractivity contribution is 8.01. The molecule has 0 aromatic rings. The monoisotopic (exact) mass is 275 g/mol. The number of thiocarbonyl (C=S) groups is 1. The number of ketones is 1. The van der Waals surface area contributed by atoms with Crippen LogP contribution in [0.5, 0.6) is 0 Å². The van der Waals surface area contributed by atoms with Crippen LogP contribution in [0.2, 0.25) is 0 Å². The zero-order valence-corrected chi connectivity index (χ0v) is 11.1. The summed E-state index contributed by atoms with van der Waals surface area (Å²) in [5, 5.41) is 6.06. The molecule has 0 saturated heterocycles. The van der Waals surface area contributed by atoms with Gasteiger partial charge in [-0.05, 0) is 19.1 Å². The van der Waals surface area contributed by atoms with E-state index in [0.717, 1.165) is 0 Å². The lowest BCUT2D eigenvalue weighted by atomic mass is 10.3. The second kappa shape index (κ2) is 6.55. The van der Waals surface area contributed by atoms with Gasteiger partial charge in [-0.3, -0.25) is 4.79 Å². The molecule has 8 heteroatoms. The Kier molecular flexibility index (Phi) is 5.36. The van der Waals surface area contributed by atoms with E-state index in [9.17, 15) is 9.59 Å². The van der Waals surface area contributed by atoms with Crippen LogP contribution in [0.4, 0.5) is 0 Å². The van der Waals surface area contributed by atoms with Crippen LogP contribution in [0.3, 0.4) is 0 Å². The highest BCUT2D eigenvalue weighted by Crippen LogP contribution is 2.18. The fraction of sp³-hybridized carbons (Fsp3) is 0.556. The fourth-order valence-corrected chi connectivity index (χ4v) is 2.18. The van der Waals surface area contributed by atoms with E-state index < -0.39 is 11.8 Å². The van der Waals surface area contributed by atoms with Gasteiger partial charge in [0.25, 0.3) is 5.78 Å². The van der Waals surface area contributed by atoms with Gasteiger partial charge < -0.3 is 15.4 Å².